The highest BCUT2D eigenvalue weighted by molar-refractivity contribution is 5.91. The Labute approximate surface area is 184 Å². The molecule has 0 bridgehead atoms. The van der Waals surface area contributed by atoms with E-state index in [1.807, 2.05) is 0 Å². The molecule has 166 valence electrons. The first-order valence-electron chi connectivity index (χ1n) is 13.0. The molecular formula is C28H43NO. The Morgan fingerprint density at radius 3 is 2.67 bits per heavy atom. The van der Waals surface area contributed by atoms with Crippen molar-refractivity contribution in [1.29, 1.82) is 0 Å². The molecule has 5 rings (SSSR count). The molecule has 4 fully saturated rings. The van der Waals surface area contributed by atoms with Crippen LogP contribution in [0, 0.1) is 34.5 Å². The summed E-state index contributed by atoms with van der Waals surface area (Å²) in [6.45, 7) is 11.3. The van der Waals surface area contributed by atoms with Gasteiger partial charge in [-0.15, -0.1) is 0 Å². The molecule has 0 spiro atoms. The van der Waals surface area contributed by atoms with E-state index >= 15 is 0 Å². The van der Waals surface area contributed by atoms with Gasteiger partial charge in [-0.25, -0.2) is 0 Å². The summed E-state index contributed by atoms with van der Waals surface area (Å²) < 4.78 is 0. The first-order chi connectivity index (χ1) is 14.3. The average Bonchev–Trinajstić information content (AvgIpc) is 3.07. The van der Waals surface area contributed by atoms with Gasteiger partial charge in [0.1, 0.15) is 0 Å². The SMILES string of the molecule is C/C(=C\N1CCCC[C@@H]1C)[C@H]1CC[C@H]2[C@@H]3CCC4=CC(=O)CC[C@]4(C)[C@H]3CC[C@]12C. The Morgan fingerprint density at radius 2 is 1.87 bits per heavy atom. The second-order valence-corrected chi connectivity index (χ2v) is 12.1. The van der Waals surface area contributed by atoms with Crippen molar-refractivity contribution in [1.82, 2.24) is 4.90 Å². The van der Waals surface area contributed by atoms with Gasteiger partial charge in [0, 0.05) is 19.0 Å². The molecule has 3 saturated carbocycles. The second kappa shape index (κ2) is 7.52. The van der Waals surface area contributed by atoms with Gasteiger partial charge in [-0.3, -0.25) is 4.79 Å². The van der Waals surface area contributed by atoms with Gasteiger partial charge in [-0.2, -0.15) is 0 Å². The minimum Gasteiger partial charge on any atom is -0.375 e. The number of likely N-dealkylation sites (tertiary alicyclic amines) is 1. The molecule has 0 amide bonds. The summed E-state index contributed by atoms with van der Waals surface area (Å²) in [6, 6.07) is 0.715. The highest BCUT2D eigenvalue weighted by Crippen LogP contribution is 2.67. The van der Waals surface area contributed by atoms with E-state index in [9.17, 15) is 4.79 Å². The van der Waals surface area contributed by atoms with Crippen LogP contribution in [0.15, 0.2) is 23.4 Å². The summed E-state index contributed by atoms with van der Waals surface area (Å²) in [7, 11) is 0. The molecule has 1 heterocycles. The number of allylic oxidation sites excluding steroid dienone is 2. The van der Waals surface area contributed by atoms with Crippen molar-refractivity contribution in [3.63, 3.8) is 0 Å². The third-order valence-electron chi connectivity index (χ3n) is 10.7. The van der Waals surface area contributed by atoms with Crippen molar-refractivity contribution in [3.8, 4) is 0 Å². The van der Waals surface area contributed by atoms with E-state index in [4.69, 9.17) is 0 Å². The minimum atomic E-state index is 0.310. The number of nitrogens with zero attached hydrogens (tertiary/aromatic N) is 1. The lowest BCUT2D eigenvalue weighted by molar-refractivity contribution is -0.117. The van der Waals surface area contributed by atoms with Gasteiger partial charge in [0.05, 0.1) is 0 Å². The maximum atomic E-state index is 12.1. The quantitative estimate of drug-likeness (QED) is 0.494. The van der Waals surface area contributed by atoms with Crippen molar-refractivity contribution in [2.24, 2.45) is 34.5 Å². The summed E-state index contributed by atoms with van der Waals surface area (Å²) in [5.41, 5.74) is 3.97. The fraction of sp³-hybridized carbons (Fsp3) is 0.821. The van der Waals surface area contributed by atoms with Gasteiger partial charge in [-0.05, 0) is 125 Å². The topological polar surface area (TPSA) is 20.3 Å². The third kappa shape index (κ3) is 3.15. The highest BCUT2D eigenvalue weighted by atomic mass is 16.1. The van der Waals surface area contributed by atoms with Crippen LogP contribution >= 0.6 is 0 Å². The number of carbonyl (C=O) groups is 1. The summed E-state index contributed by atoms with van der Waals surface area (Å²) in [6.07, 6.45) is 18.7. The Morgan fingerprint density at radius 1 is 1.03 bits per heavy atom. The summed E-state index contributed by atoms with van der Waals surface area (Å²) in [5, 5.41) is 0. The molecule has 0 aromatic rings. The van der Waals surface area contributed by atoms with Gasteiger partial charge in [0.15, 0.2) is 5.78 Å². The molecule has 5 aliphatic rings. The van der Waals surface area contributed by atoms with Gasteiger partial charge < -0.3 is 4.90 Å². The van der Waals surface area contributed by atoms with Crippen LogP contribution in [0.2, 0.25) is 0 Å². The summed E-state index contributed by atoms with van der Waals surface area (Å²) >= 11 is 0. The predicted molar refractivity (Wildman–Crippen MR) is 124 cm³/mol. The fourth-order valence-electron chi connectivity index (χ4n) is 8.97. The van der Waals surface area contributed by atoms with Crippen LogP contribution in [-0.4, -0.2) is 23.3 Å². The lowest BCUT2D eigenvalue weighted by Gasteiger charge is -2.58. The predicted octanol–water partition coefficient (Wildman–Crippen LogP) is 6.91. The third-order valence-corrected chi connectivity index (χ3v) is 10.7. The Hall–Kier alpha value is -1.05. The molecule has 0 radical (unpaired) electrons. The smallest absolute Gasteiger partial charge is 0.155 e. The molecule has 0 unspecified atom stereocenters. The number of carbonyl (C=O) groups excluding carboxylic acids is 1. The van der Waals surface area contributed by atoms with Crippen LogP contribution in [-0.2, 0) is 4.79 Å². The lowest BCUT2D eigenvalue weighted by Crippen LogP contribution is -2.50. The number of piperidine rings is 1. The van der Waals surface area contributed by atoms with E-state index in [2.05, 4.69) is 44.9 Å². The van der Waals surface area contributed by atoms with Crippen LogP contribution in [0.25, 0.3) is 0 Å². The van der Waals surface area contributed by atoms with Gasteiger partial charge in [0.2, 0.25) is 0 Å². The highest BCUT2D eigenvalue weighted by Gasteiger charge is 2.59. The minimum absolute atomic E-state index is 0.310. The number of hydrogen-bond donors (Lipinski definition) is 0. The summed E-state index contributed by atoms with van der Waals surface area (Å²) in [4.78, 5) is 14.7. The van der Waals surface area contributed by atoms with Crippen LogP contribution in [0.5, 0.6) is 0 Å². The van der Waals surface area contributed by atoms with Crippen LogP contribution in [0.4, 0.5) is 0 Å². The van der Waals surface area contributed by atoms with E-state index in [0.29, 0.717) is 22.7 Å². The fourth-order valence-corrected chi connectivity index (χ4v) is 8.97. The van der Waals surface area contributed by atoms with E-state index in [0.717, 1.165) is 36.5 Å². The van der Waals surface area contributed by atoms with Crippen LogP contribution in [0.3, 0.4) is 0 Å². The van der Waals surface area contributed by atoms with Gasteiger partial charge in [0.25, 0.3) is 0 Å². The molecule has 1 saturated heterocycles. The zero-order valence-electron chi connectivity index (χ0n) is 19.9. The van der Waals surface area contributed by atoms with E-state index in [-0.39, 0.29) is 0 Å². The van der Waals surface area contributed by atoms with Crippen LogP contribution in [0.1, 0.15) is 98.3 Å². The number of ketones is 1. The number of hydrogen-bond acceptors (Lipinski definition) is 2. The molecular weight excluding hydrogens is 366 g/mol. The number of rotatable bonds is 2. The molecule has 2 heteroatoms. The Balaban J connectivity index is 1.38. The van der Waals surface area contributed by atoms with Crippen LogP contribution < -0.4 is 0 Å². The van der Waals surface area contributed by atoms with Crippen molar-refractivity contribution in [3.05, 3.63) is 23.4 Å². The molecule has 4 aliphatic carbocycles. The Bertz CT molecular complexity index is 765. The largest absolute Gasteiger partial charge is 0.375 e. The standard InChI is InChI=1S/C28H43NO/c1-19(18-29-16-6-5-7-20(29)2)24-10-11-25-23-9-8-21-17-22(30)12-14-27(21,3)26(23)13-15-28(24,25)4/h17-18,20,23-26H,5-16H2,1-4H3/b19-18+/t20-,23-,24+,25-,26-,27-,28+/m0/s1. The monoisotopic (exact) mass is 409 g/mol. The second-order valence-electron chi connectivity index (χ2n) is 12.1. The lowest BCUT2D eigenvalue weighted by atomic mass is 9.46. The zero-order valence-corrected chi connectivity index (χ0v) is 19.9. The molecule has 0 aromatic heterocycles. The van der Waals surface area contributed by atoms with E-state index in [1.165, 1.54) is 69.9 Å². The maximum absolute atomic E-state index is 12.1. The summed E-state index contributed by atoms with van der Waals surface area (Å²) in [5.74, 6) is 3.74. The van der Waals surface area contributed by atoms with Gasteiger partial charge in [-0.1, -0.05) is 25.0 Å². The molecule has 2 nitrogen and oxygen atoms in total. The van der Waals surface area contributed by atoms with Crippen molar-refractivity contribution in [2.75, 3.05) is 6.54 Å². The zero-order chi connectivity index (χ0) is 21.1. The maximum Gasteiger partial charge on any atom is 0.155 e. The van der Waals surface area contributed by atoms with E-state index in [1.54, 1.807) is 5.57 Å². The molecule has 0 N–H and O–H groups in total. The Kier molecular flexibility index (Phi) is 5.22. The van der Waals surface area contributed by atoms with Crippen molar-refractivity contribution < 1.29 is 4.79 Å². The first kappa shape index (κ1) is 20.8. The normalized spacial score (nSPS) is 46.7. The molecule has 0 aromatic carbocycles. The van der Waals surface area contributed by atoms with E-state index < -0.39 is 0 Å². The van der Waals surface area contributed by atoms with Crippen molar-refractivity contribution in [2.45, 2.75) is 104 Å². The van der Waals surface area contributed by atoms with Crippen molar-refractivity contribution >= 4 is 5.78 Å². The molecule has 1 aliphatic heterocycles. The average molecular weight is 410 g/mol. The van der Waals surface area contributed by atoms with Gasteiger partial charge >= 0.3 is 0 Å². The molecule has 30 heavy (non-hydrogen) atoms. The number of fused-ring (bicyclic) bond motifs is 5. The molecule has 7 atom stereocenters. The first-order valence-corrected chi connectivity index (χ1v) is 13.0.